The second kappa shape index (κ2) is 8.89. The van der Waals surface area contributed by atoms with E-state index in [-0.39, 0.29) is 11.2 Å². The highest BCUT2D eigenvalue weighted by Crippen LogP contribution is 2.56. The predicted octanol–water partition coefficient (Wildman–Crippen LogP) is 4.08. The standard InChI is InChI=1S/C26H34ClFN6O2/c1-35-26(36-2)15-25(16-26)7-9-32(10-8-25)21-11-17(5-6-20(21)28)34-18-3-4-19(34)14-33(13-18)22-12-23(27)30-31-24(22)29/h5-6,11-12,18-19H,3-4,7-10,13-16H2,1-2H3,(H2,29,31). The molecule has 2 atom stereocenters. The molecule has 4 aliphatic rings. The van der Waals surface area contributed by atoms with Crippen LogP contribution in [0.5, 0.6) is 0 Å². The van der Waals surface area contributed by atoms with Crippen molar-refractivity contribution >= 4 is 34.5 Å². The Morgan fingerprint density at radius 3 is 2.28 bits per heavy atom. The molecule has 36 heavy (non-hydrogen) atoms. The van der Waals surface area contributed by atoms with Gasteiger partial charge in [-0.2, -0.15) is 0 Å². The van der Waals surface area contributed by atoms with Crippen molar-refractivity contribution in [3.05, 3.63) is 35.2 Å². The van der Waals surface area contributed by atoms with E-state index in [2.05, 4.69) is 31.0 Å². The van der Waals surface area contributed by atoms with Gasteiger partial charge in [0.2, 0.25) is 0 Å². The summed E-state index contributed by atoms with van der Waals surface area (Å²) in [4.78, 5) is 6.96. The Kier molecular flexibility index (Phi) is 5.92. The molecule has 6 rings (SSSR count). The van der Waals surface area contributed by atoms with Crippen molar-refractivity contribution in [2.75, 3.05) is 60.8 Å². The molecule has 1 saturated carbocycles. The predicted molar refractivity (Wildman–Crippen MR) is 139 cm³/mol. The number of nitrogen functional groups attached to an aromatic ring is 1. The molecule has 0 amide bonds. The Morgan fingerprint density at radius 2 is 1.64 bits per heavy atom. The SMILES string of the molecule is COC1(OC)CC2(CCN(c3cc(N4C5CCC4CN(c4cc(Cl)nnc4N)C5)ccc3F)CC2)C1. The minimum atomic E-state index is -0.433. The van der Waals surface area contributed by atoms with Gasteiger partial charge in [-0.15, -0.1) is 10.2 Å². The number of fused-ring (bicyclic) bond motifs is 2. The second-order valence-corrected chi connectivity index (χ2v) is 11.3. The first-order chi connectivity index (χ1) is 17.3. The lowest BCUT2D eigenvalue weighted by molar-refractivity contribution is -0.300. The van der Waals surface area contributed by atoms with Crippen LogP contribution in [-0.2, 0) is 9.47 Å². The van der Waals surface area contributed by atoms with Crippen molar-refractivity contribution < 1.29 is 13.9 Å². The van der Waals surface area contributed by atoms with E-state index >= 15 is 4.39 Å². The summed E-state index contributed by atoms with van der Waals surface area (Å²) in [5.41, 5.74) is 9.01. The van der Waals surface area contributed by atoms with Crippen LogP contribution in [0.4, 0.5) is 27.3 Å². The molecule has 4 fully saturated rings. The summed E-state index contributed by atoms with van der Waals surface area (Å²) >= 11 is 6.10. The summed E-state index contributed by atoms with van der Waals surface area (Å²) in [5, 5.41) is 8.18. The molecule has 2 bridgehead atoms. The summed E-state index contributed by atoms with van der Waals surface area (Å²) in [7, 11) is 3.44. The van der Waals surface area contributed by atoms with Crippen LogP contribution in [0.15, 0.2) is 24.3 Å². The maximum absolute atomic E-state index is 15.1. The number of hydrogen-bond acceptors (Lipinski definition) is 8. The van der Waals surface area contributed by atoms with E-state index in [9.17, 15) is 0 Å². The topological polar surface area (TPSA) is 80.0 Å². The van der Waals surface area contributed by atoms with Crippen molar-refractivity contribution in [3.8, 4) is 0 Å². The molecule has 1 aromatic carbocycles. The van der Waals surface area contributed by atoms with Crippen LogP contribution in [0.3, 0.4) is 0 Å². The number of benzene rings is 1. The lowest BCUT2D eigenvalue weighted by Crippen LogP contribution is -2.58. The van der Waals surface area contributed by atoms with Crippen molar-refractivity contribution in [1.82, 2.24) is 10.2 Å². The normalized spacial score (nSPS) is 26.4. The van der Waals surface area contributed by atoms with E-state index in [0.717, 1.165) is 76.1 Å². The summed E-state index contributed by atoms with van der Waals surface area (Å²) in [5.74, 6) is -0.182. The minimum Gasteiger partial charge on any atom is -0.380 e. The molecule has 1 aromatic heterocycles. The molecule has 10 heteroatoms. The van der Waals surface area contributed by atoms with Crippen LogP contribution in [0.25, 0.3) is 0 Å². The first-order valence-electron chi connectivity index (χ1n) is 12.8. The van der Waals surface area contributed by atoms with Gasteiger partial charge in [-0.25, -0.2) is 4.39 Å². The zero-order valence-corrected chi connectivity index (χ0v) is 21.7. The summed E-state index contributed by atoms with van der Waals surface area (Å²) in [6, 6.07) is 8.07. The fraction of sp³-hybridized carbons (Fsp3) is 0.615. The molecule has 3 aliphatic heterocycles. The molecule has 8 nitrogen and oxygen atoms in total. The molecular formula is C26H34ClFN6O2. The van der Waals surface area contributed by atoms with Gasteiger partial charge in [-0.05, 0) is 49.3 Å². The number of anilines is 4. The maximum Gasteiger partial charge on any atom is 0.169 e. The monoisotopic (exact) mass is 516 g/mol. The number of aromatic nitrogens is 2. The van der Waals surface area contributed by atoms with Gasteiger partial charge in [-0.3, -0.25) is 0 Å². The molecule has 4 heterocycles. The second-order valence-electron chi connectivity index (χ2n) is 10.9. The van der Waals surface area contributed by atoms with Gasteiger partial charge in [0.1, 0.15) is 5.82 Å². The van der Waals surface area contributed by atoms with Gasteiger partial charge in [0.25, 0.3) is 0 Å². The van der Waals surface area contributed by atoms with Crippen LogP contribution in [0.1, 0.15) is 38.5 Å². The molecule has 194 valence electrons. The fourth-order valence-electron chi connectivity index (χ4n) is 7.09. The van der Waals surface area contributed by atoms with Crippen LogP contribution >= 0.6 is 11.6 Å². The quantitative estimate of drug-likeness (QED) is 0.595. The van der Waals surface area contributed by atoms with Crippen LogP contribution < -0.4 is 20.4 Å². The van der Waals surface area contributed by atoms with Gasteiger partial charge < -0.3 is 29.9 Å². The lowest BCUT2D eigenvalue weighted by Gasteiger charge is -2.57. The van der Waals surface area contributed by atoms with E-state index in [1.54, 1.807) is 26.4 Å². The summed E-state index contributed by atoms with van der Waals surface area (Å²) in [6.45, 7) is 3.34. The summed E-state index contributed by atoms with van der Waals surface area (Å²) in [6.07, 6.45) is 6.07. The number of nitrogens with zero attached hydrogens (tertiary/aromatic N) is 5. The number of halogens is 2. The molecule has 3 saturated heterocycles. The molecule has 0 radical (unpaired) electrons. The largest absolute Gasteiger partial charge is 0.380 e. The molecule has 2 N–H and O–H groups in total. The highest BCUT2D eigenvalue weighted by atomic mass is 35.5. The maximum atomic E-state index is 15.1. The number of piperazine rings is 1. The third-order valence-electron chi connectivity index (χ3n) is 9.02. The van der Waals surface area contributed by atoms with Gasteiger partial charge in [0.15, 0.2) is 16.8 Å². The van der Waals surface area contributed by atoms with E-state index in [0.29, 0.717) is 28.7 Å². The van der Waals surface area contributed by atoms with Gasteiger partial charge in [-0.1, -0.05) is 11.6 Å². The fourth-order valence-corrected chi connectivity index (χ4v) is 7.23. The number of ether oxygens (including phenoxy) is 2. The Morgan fingerprint density at radius 1 is 0.972 bits per heavy atom. The van der Waals surface area contributed by atoms with Gasteiger partial charge in [0.05, 0.1) is 11.4 Å². The Bertz CT molecular complexity index is 1120. The zero-order valence-electron chi connectivity index (χ0n) is 20.9. The third-order valence-corrected chi connectivity index (χ3v) is 9.20. The average molecular weight is 517 g/mol. The summed E-state index contributed by atoms with van der Waals surface area (Å²) < 4.78 is 26.3. The molecular weight excluding hydrogens is 483 g/mol. The highest BCUT2D eigenvalue weighted by molar-refractivity contribution is 6.29. The van der Waals surface area contributed by atoms with E-state index in [4.69, 9.17) is 26.8 Å². The van der Waals surface area contributed by atoms with E-state index in [1.165, 1.54) is 0 Å². The Hall–Kier alpha value is -2.36. The molecule has 2 aromatic rings. The first-order valence-corrected chi connectivity index (χ1v) is 13.2. The number of methoxy groups -OCH3 is 2. The van der Waals surface area contributed by atoms with Crippen molar-refractivity contribution in [2.24, 2.45) is 5.41 Å². The molecule has 1 spiro atoms. The number of hydrogen-bond donors (Lipinski definition) is 1. The van der Waals surface area contributed by atoms with E-state index in [1.807, 2.05) is 6.07 Å². The highest BCUT2D eigenvalue weighted by Gasteiger charge is 2.56. The van der Waals surface area contributed by atoms with Crippen molar-refractivity contribution in [1.29, 1.82) is 0 Å². The van der Waals surface area contributed by atoms with Crippen LogP contribution in [-0.4, -0.2) is 68.5 Å². The van der Waals surface area contributed by atoms with Gasteiger partial charge in [0, 0.05) is 77.1 Å². The Balaban J connectivity index is 1.17. The number of piperidine rings is 1. The Labute approximate surface area is 216 Å². The lowest BCUT2D eigenvalue weighted by atomic mass is 9.59. The number of rotatable bonds is 5. The van der Waals surface area contributed by atoms with Gasteiger partial charge >= 0.3 is 0 Å². The molecule has 1 aliphatic carbocycles. The van der Waals surface area contributed by atoms with Crippen molar-refractivity contribution in [2.45, 2.75) is 56.4 Å². The first kappa shape index (κ1) is 24.0. The van der Waals surface area contributed by atoms with Crippen LogP contribution in [0.2, 0.25) is 5.15 Å². The number of nitrogens with two attached hydrogens (primary N) is 1. The minimum absolute atomic E-state index is 0.150. The smallest absolute Gasteiger partial charge is 0.169 e. The zero-order chi connectivity index (χ0) is 25.1. The molecule has 2 unspecified atom stereocenters. The third kappa shape index (κ3) is 3.96. The van der Waals surface area contributed by atoms with Crippen molar-refractivity contribution in [3.63, 3.8) is 0 Å². The van der Waals surface area contributed by atoms with Crippen LogP contribution in [0, 0.1) is 11.2 Å². The average Bonchev–Trinajstić information content (AvgIpc) is 3.13. The van der Waals surface area contributed by atoms with E-state index < -0.39 is 5.79 Å².